The van der Waals surface area contributed by atoms with Gasteiger partial charge in [-0.15, -0.1) is 0 Å². The summed E-state index contributed by atoms with van der Waals surface area (Å²) in [6, 6.07) is 27.3. The summed E-state index contributed by atoms with van der Waals surface area (Å²) in [6.45, 7) is 0.152. The topological polar surface area (TPSA) is 69.6 Å². The molecule has 2 amide bonds. The van der Waals surface area contributed by atoms with E-state index in [1.165, 1.54) is 4.90 Å². The van der Waals surface area contributed by atoms with Gasteiger partial charge >= 0.3 is 0 Å². The van der Waals surface area contributed by atoms with Crippen LogP contribution in [0.15, 0.2) is 96.7 Å². The van der Waals surface area contributed by atoms with Crippen LogP contribution in [0.5, 0.6) is 0 Å². The van der Waals surface area contributed by atoms with Crippen LogP contribution in [0, 0.1) is 0 Å². The monoisotopic (exact) mass is 454 g/mol. The van der Waals surface area contributed by atoms with Crippen molar-refractivity contribution in [2.24, 2.45) is 0 Å². The van der Waals surface area contributed by atoms with Gasteiger partial charge in [0.15, 0.2) is 11.5 Å². The molecule has 0 heterocycles. The highest BCUT2D eigenvalue weighted by Crippen LogP contribution is 2.25. The molecule has 1 fully saturated rings. The lowest BCUT2D eigenvalue weighted by atomic mass is 9.95. The Morgan fingerprint density at radius 2 is 1.29 bits per heavy atom. The minimum Gasteiger partial charge on any atom is -0.505 e. The van der Waals surface area contributed by atoms with E-state index in [4.69, 9.17) is 0 Å². The zero-order valence-corrected chi connectivity index (χ0v) is 19.2. The molecule has 0 unspecified atom stereocenters. The molecule has 0 aromatic heterocycles. The summed E-state index contributed by atoms with van der Waals surface area (Å²) in [4.78, 5) is 28.8. The Morgan fingerprint density at radius 1 is 0.765 bits per heavy atom. The number of nitrogens with zero attached hydrogens (tertiary/aromatic N) is 1. The molecule has 1 aliphatic carbocycles. The van der Waals surface area contributed by atoms with Gasteiger partial charge in [-0.1, -0.05) is 98.1 Å². The van der Waals surface area contributed by atoms with Crippen LogP contribution >= 0.6 is 0 Å². The van der Waals surface area contributed by atoms with Gasteiger partial charge in [0.05, 0.1) is 6.54 Å². The summed E-state index contributed by atoms with van der Waals surface area (Å²) < 4.78 is 0. The van der Waals surface area contributed by atoms with Crippen LogP contribution in [0.2, 0.25) is 0 Å². The summed E-state index contributed by atoms with van der Waals surface area (Å²) >= 11 is 0. The molecule has 0 saturated heterocycles. The van der Waals surface area contributed by atoms with E-state index in [1.54, 1.807) is 48.5 Å². The highest BCUT2D eigenvalue weighted by atomic mass is 16.3. The fourth-order valence-electron chi connectivity index (χ4n) is 4.35. The van der Waals surface area contributed by atoms with Gasteiger partial charge in [0, 0.05) is 17.2 Å². The number of aliphatic hydroxyl groups is 1. The first-order chi connectivity index (χ1) is 16.6. The molecule has 2 N–H and O–H groups in total. The first kappa shape index (κ1) is 23.3. The van der Waals surface area contributed by atoms with E-state index in [0.29, 0.717) is 11.1 Å². The second kappa shape index (κ2) is 11.3. The van der Waals surface area contributed by atoms with E-state index < -0.39 is 5.91 Å². The summed E-state index contributed by atoms with van der Waals surface area (Å²) in [5.41, 5.74) is 1.75. The molecule has 0 bridgehead atoms. The lowest BCUT2D eigenvalue weighted by molar-refractivity contribution is -0.119. The van der Waals surface area contributed by atoms with Gasteiger partial charge in [0.1, 0.15) is 0 Å². The minimum absolute atomic E-state index is 0.0326. The molecular formula is C29H30N2O3. The third-order valence-corrected chi connectivity index (χ3v) is 6.15. The second-order valence-corrected chi connectivity index (χ2v) is 8.61. The summed E-state index contributed by atoms with van der Waals surface area (Å²) in [5.74, 6) is -0.997. The van der Waals surface area contributed by atoms with Gasteiger partial charge < -0.3 is 10.4 Å². The lowest BCUT2D eigenvalue weighted by Crippen LogP contribution is -2.43. The Morgan fingerprint density at radius 3 is 1.88 bits per heavy atom. The van der Waals surface area contributed by atoms with Crippen molar-refractivity contribution in [3.05, 3.63) is 113 Å². The Kier molecular flexibility index (Phi) is 7.76. The summed E-state index contributed by atoms with van der Waals surface area (Å²) in [6.07, 6.45) is 5.08. The van der Waals surface area contributed by atoms with Crippen LogP contribution in [0.3, 0.4) is 0 Å². The number of hydrogen-bond donors (Lipinski definition) is 2. The van der Waals surface area contributed by atoms with E-state index in [-0.39, 0.29) is 29.9 Å². The average molecular weight is 455 g/mol. The largest absolute Gasteiger partial charge is 0.505 e. The zero-order valence-electron chi connectivity index (χ0n) is 19.2. The number of nitrogens with one attached hydrogen (secondary N) is 1. The standard InChI is InChI=1S/C29H30N2O3/c32-27(23-15-7-2-8-16-23)26(28(33)30-25-19-11-4-12-20-25)31(21-22-13-5-1-6-14-22)29(34)24-17-9-3-10-18-24/h1-3,5-10,13-18,25,32H,4,11-12,19-21H2,(H,30,33)/b27-26+. The van der Waals surface area contributed by atoms with Gasteiger partial charge in [-0.05, 0) is 30.5 Å². The van der Waals surface area contributed by atoms with E-state index in [2.05, 4.69) is 5.32 Å². The zero-order chi connectivity index (χ0) is 23.8. The van der Waals surface area contributed by atoms with Gasteiger partial charge in [0.2, 0.25) is 0 Å². The molecule has 5 heteroatoms. The van der Waals surface area contributed by atoms with E-state index in [1.807, 2.05) is 42.5 Å². The summed E-state index contributed by atoms with van der Waals surface area (Å²) in [5, 5.41) is 14.4. The fourth-order valence-corrected chi connectivity index (χ4v) is 4.35. The van der Waals surface area contributed by atoms with Crippen molar-refractivity contribution in [3.63, 3.8) is 0 Å². The molecule has 3 aromatic rings. The molecule has 0 spiro atoms. The maximum absolute atomic E-state index is 13.7. The van der Waals surface area contributed by atoms with Crippen LogP contribution in [-0.4, -0.2) is 27.9 Å². The van der Waals surface area contributed by atoms with E-state index >= 15 is 0 Å². The van der Waals surface area contributed by atoms with Gasteiger partial charge in [-0.3, -0.25) is 14.5 Å². The molecule has 34 heavy (non-hydrogen) atoms. The number of carbonyl (C=O) groups is 2. The number of amides is 2. The van der Waals surface area contributed by atoms with Crippen molar-refractivity contribution in [2.75, 3.05) is 0 Å². The number of aliphatic hydroxyl groups excluding tert-OH is 1. The third kappa shape index (κ3) is 5.73. The molecule has 5 nitrogen and oxygen atoms in total. The van der Waals surface area contributed by atoms with E-state index in [9.17, 15) is 14.7 Å². The number of benzene rings is 3. The first-order valence-electron chi connectivity index (χ1n) is 11.8. The van der Waals surface area contributed by atoms with Crippen LogP contribution in [0.25, 0.3) is 5.76 Å². The lowest BCUT2D eigenvalue weighted by Gasteiger charge is -2.29. The minimum atomic E-state index is -0.437. The second-order valence-electron chi connectivity index (χ2n) is 8.61. The number of hydrogen-bond acceptors (Lipinski definition) is 3. The molecule has 174 valence electrons. The fraction of sp³-hybridized carbons (Fsp3) is 0.241. The molecule has 3 aromatic carbocycles. The van der Waals surface area contributed by atoms with Gasteiger partial charge in [-0.25, -0.2) is 0 Å². The van der Waals surface area contributed by atoms with Crippen molar-refractivity contribution >= 4 is 17.6 Å². The van der Waals surface area contributed by atoms with Crippen LogP contribution < -0.4 is 5.32 Å². The Bertz CT molecular complexity index is 1120. The van der Waals surface area contributed by atoms with Crippen LogP contribution in [0.1, 0.15) is 53.6 Å². The average Bonchev–Trinajstić information content (AvgIpc) is 2.90. The smallest absolute Gasteiger partial charge is 0.272 e. The first-order valence-corrected chi connectivity index (χ1v) is 11.8. The Balaban J connectivity index is 1.79. The SMILES string of the molecule is O=C(NC1CCCCC1)/C(=C(\O)c1ccccc1)N(Cc1ccccc1)C(=O)c1ccccc1. The highest BCUT2D eigenvalue weighted by Gasteiger charge is 2.30. The third-order valence-electron chi connectivity index (χ3n) is 6.15. The van der Waals surface area contributed by atoms with Crippen LogP contribution in [0.4, 0.5) is 0 Å². The van der Waals surface area contributed by atoms with Gasteiger partial charge in [0.25, 0.3) is 11.8 Å². The number of carbonyl (C=O) groups excluding carboxylic acids is 2. The molecule has 1 aliphatic rings. The van der Waals surface area contributed by atoms with E-state index in [0.717, 1.165) is 37.7 Å². The number of rotatable bonds is 7. The Labute approximate surface area is 200 Å². The maximum Gasteiger partial charge on any atom is 0.272 e. The summed E-state index contributed by atoms with van der Waals surface area (Å²) in [7, 11) is 0. The van der Waals surface area contributed by atoms with Crippen molar-refractivity contribution in [2.45, 2.75) is 44.7 Å². The quantitative estimate of drug-likeness (QED) is 0.355. The molecule has 4 rings (SSSR count). The van der Waals surface area contributed by atoms with Crippen LogP contribution in [-0.2, 0) is 11.3 Å². The molecule has 0 aliphatic heterocycles. The van der Waals surface area contributed by atoms with Crippen molar-refractivity contribution < 1.29 is 14.7 Å². The maximum atomic E-state index is 13.7. The van der Waals surface area contributed by atoms with Gasteiger partial charge in [-0.2, -0.15) is 0 Å². The van der Waals surface area contributed by atoms with Crippen molar-refractivity contribution in [1.82, 2.24) is 10.2 Å². The normalized spacial score (nSPS) is 14.7. The predicted molar refractivity (Wildman–Crippen MR) is 134 cm³/mol. The highest BCUT2D eigenvalue weighted by molar-refractivity contribution is 6.06. The molecular weight excluding hydrogens is 424 g/mol. The molecule has 0 radical (unpaired) electrons. The Hall–Kier alpha value is -3.86. The molecule has 0 atom stereocenters. The predicted octanol–water partition coefficient (Wildman–Crippen LogP) is 5.70. The van der Waals surface area contributed by atoms with Crippen molar-refractivity contribution in [3.8, 4) is 0 Å². The molecule has 1 saturated carbocycles. The van der Waals surface area contributed by atoms with Crippen molar-refractivity contribution in [1.29, 1.82) is 0 Å².